The van der Waals surface area contributed by atoms with E-state index in [0.29, 0.717) is 22.2 Å². The van der Waals surface area contributed by atoms with Gasteiger partial charge in [0.05, 0.1) is 18.2 Å². The molecular formula is C37H37Cl2N3O3. The van der Waals surface area contributed by atoms with Gasteiger partial charge in [-0.15, -0.1) is 0 Å². The number of carbonyl (C=O) groups is 2. The lowest BCUT2D eigenvalue weighted by Gasteiger charge is -2.42. The van der Waals surface area contributed by atoms with Crippen LogP contribution in [0.4, 0.5) is 5.69 Å². The van der Waals surface area contributed by atoms with E-state index in [1.807, 2.05) is 84.9 Å². The van der Waals surface area contributed by atoms with Gasteiger partial charge in [0, 0.05) is 41.8 Å². The van der Waals surface area contributed by atoms with Gasteiger partial charge < -0.3 is 15.3 Å². The van der Waals surface area contributed by atoms with Gasteiger partial charge in [-0.1, -0.05) is 115 Å². The van der Waals surface area contributed by atoms with Crippen LogP contribution in [0.3, 0.4) is 0 Å². The van der Waals surface area contributed by atoms with Crippen LogP contribution in [0.5, 0.6) is 0 Å². The van der Waals surface area contributed by atoms with Gasteiger partial charge in [0.1, 0.15) is 5.41 Å². The van der Waals surface area contributed by atoms with Crippen molar-refractivity contribution in [2.24, 2.45) is 0 Å². The predicted molar refractivity (Wildman–Crippen MR) is 180 cm³/mol. The van der Waals surface area contributed by atoms with Crippen LogP contribution in [0.2, 0.25) is 10.0 Å². The van der Waals surface area contributed by atoms with Crippen LogP contribution in [0, 0.1) is 0 Å². The third-order valence-corrected chi connectivity index (χ3v) is 9.90. The number of halogens is 2. The van der Waals surface area contributed by atoms with Gasteiger partial charge in [-0.05, 0) is 52.9 Å². The molecule has 8 heteroatoms. The number of nitrogens with one attached hydrogen (secondary N) is 1. The van der Waals surface area contributed by atoms with Crippen molar-refractivity contribution in [2.75, 3.05) is 19.4 Å². The highest BCUT2D eigenvalue weighted by atomic mass is 35.5. The molecule has 2 N–H and O–H groups in total. The van der Waals surface area contributed by atoms with Crippen LogP contribution in [0.1, 0.15) is 60.1 Å². The minimum atomic E-state index is -1.19. The Morgan fingerprint density at radius 3 is 2.18 bits per heavy atom. The van der Waals surface area contributed by atoms with Crippen molar-refractivity contribution >= 4 is 40.7 Å². The molecule has 0 radical (unpaired) electrons. The second-order valence-electron chi connectivity index (χ2n) is 12.2. The molecule has 1 spiro atoms. The average molecular weight is 643 g/mol. The number of aliphatic hydroxyl groups excluding tert-OH is 1. The second kappa shape index (κ2) is 12.6. The minimum Gasteiger partial charge on any atom is -0.386 e. The standard InChI is InChI=1S/C37H37Cl2N3O3/c1-4-12-30-37(28-20-19-27(39)22-29(28)40-36(37)45)31(25-17-11-18-26(38)21-25)33(35(44)41(2)3)42(30)32(23-13-7-5-8-14-23)34(43)24-15-9-6-10-16-24/h5-11,13-22,30-34,43H,4,12H2,1-3H3,(H,40,45)/t30-,31+,32-,33-,34+,37+/m1/s1. The van der Waals surface area contributed by atoms with E-state index in [-0.39, 0.29) is 11.8 Å². The number of fused-ring (bicyclic) bond motifs is 2. The minimum absolute atomic E-state index is 0.158. The summed E-state index contributed by atoms with van der Waals surface area (Å²) >= 11 is 13.1. The summed E-state index contributed by atoms with van der Waals surface area (Å²) in [5.41, 5.74) is 2.59. The van der Waals surface area contributed by atoms with Crippen molar-refractivity contribution in [3.8, 4) is 0 Å². The lowest BCUT2D eigenvalue weighted by Crippen LogP contribution is -2.51. The SMILES string of the molecule is CCC[C@H]1N([C@H](c2ccccc2)[C@@H](O)c2ccccc2)[C@@H](C(=O)N(C)C)[C@H](c2cccc(Cl)c2)[C@@]12C(=O)Nc1cc(Cl)ccc12. The van der Waals surface area contributed by atoms with Gasteiger partial charge in [-0.3, -0.25) is 14.5 Å². The molecule has 2 aliphatic rings. The molecule has 1 saturated heterocycles. The first kappa shape index (κ1) is 31.3. The number of hydrogen-bond donors (Lipinski definition) is 2. The number of hydrogen-bond acceptors (Lipinski definition) is 4. The molecule has 4 aromatic rings. The second-order valence-corrected chi connectivity index (χ2v) is 13.1. The molecule has 4 aromatic carbocycles. The van der Waals surface area contributed by atoms with Crippen LogP contribution in [0.25, 0.3) is 0 Å². The van der Waals surface area contributed by atoms with Crippen molar-refractivity contribution in [3.05, 3.63) is 135 Å². The van der Waals surface area contributed by atoms with Crippen LogP contribution < -0.4 is 5.32 Å². The molecule has 6 rings (SSSR count). The third-order valence-electron chi connectivity index (χ3n) is 9.43. The topological polar surface area (TPSA) is 72.9 Å². The maximum absolute atomic E-state index is 14.8. The molecular weight excluding hydrogens is 605 g/mol. The highest BCUT2D eigenvalue weighted by Crippen LogP contribution is 2.62. The van der Waals surface area contributed by atoms with Crippen LogP contribution in [-0.2, 0) is 15.0 Å². The molecule has 0 aliphatic carbocycles. The first-order valence-corrected chi connectivity index (χ1v) is 16.1. The van der Waals surface area contributed by atoms with Crippen molar-refractivity contribution < 1.29 is 14.7 Å². The van der Waals surface area contributed by atoms with E-state index in [0.717, 1.165) is 28.7 Å². The number of carbonyl (C=O) groups excluding carboxylic acids is 2. The summed E-state index contributed by atoms with van der Waals surface area (Å²) in [4.78, 5) is 33.2. The fourth-order valence-corrected chi connectivity index (χ4v) is 8.09. The van der Waals surface area contributed by atoms with E-state index in [9.17, 15) is 14.7 Å². The maximum atomic E-state index is 14.8. The van der Waals surface area contributed by atoms with Gasteiger partial charge in [0.25, 0.3) is 0 Å². The smallest absolute Gasteiger partial charge is 0.240 e. The van der Waals surface area contributed by atoms with Gasteiger partial charge in [-0.2, -0.15) is 0 Å². The molecule has 45 heavy (non-hydrogen) atoms. The molecule has 232 valence electrons. The first-order chi connectivity index (χ1) is 21.7. The first-order valence-electron chi connectivity index (χ1n) is 15.3. The summed E-state index contributed by atoms with van der Waals surface area (Å²) in [5.74, 6) is -0.989. The normalized spacial score (nSPS) is 23.9. The summed E-state index contributed by atoms with van der Waals surface area (Å²) < 4.78 is 0. The molecule has 6 nitrogen and oxygen atoms in total. The summed E-state index contributed by atoms with van der Waals surface area (Å²) in [7, 11) is 3.48. The Kier molecular flexibility index (Phi) is 8.77. The lowest BCUT2D eigenvalue weighted by molar-refractivity contribution is -0.136. The van der Waals surface area contributed by atoms with Crippen molar-refractivity contribution in [1.29, 1.82) is 0 Å². The summed E-state index contributed by atoms with van der Waals surface area (Å²) in [6, 6.07) is 30.3. The summed E-state index contributed by atoms with van der Waals surface area (Å²) in [6.45, 7) is 2.09. The largest absolute Gasteiger partial charge is 0.386 e. The molecule has 0 aromatic heterocycles. The molecule has 0 saturated carbocycles. The monoisotopic (exact) mass is 641 g/mol. The molecule has 6 atom stereocenters. The Bertz CT molecular complexity index is 1700. The summed E-state index contributed by atoms with van der Waals surface area (Å²) in [6.07, 6.45) is 0.330. The fraction of sp³-hybridized carbons (Fsp3) is 0.297. The van der Waals surface area contributed by atoms with Gasteiger partial charge >= 0.3 is 0 Å². The Labute approximate surface area is 274 Å². The van der Waals surface area contributed by atoms with Crippen molar-refractivity contribution in [1.82, 2.24) is 9.80 Å². The quantitative estimate of drug-likeness (QED) is 0.210. The number of aliphatic hydroxyl groups is 1. The number of benzene rings is 4. The Morgan fingerprint density at radius 1 is 0.911 bits per heavy atom. The highest BCUT2D eigenvalue weighted by Gasteiger charge is 2.69. The molecule has 0 unspecified atom stereocenters. The Morgan fingerprint density at radius 2 is 1.56 bits per heavy atom. The zero-order valence-electron chi connectivity index (χ0n) is 25.5. The summed E-state index contributed by atoms with van der Waals surface area (Å²) in [5, 5.41) is 16.5. The number of anilines is 1. The predicted octanol–water partition coefficient (Wildman–Crippen LogP) is 7.38. The Hall–Kier alpha value is -3.68. The van der Waals surface area contributed by atoms with Crippen molar-refractivity contribution in [2.45, 2.75) is 55.3 Å². The number of rotatable bonds is 8. The van der Waals surface area contributed by atoms with Crippen molar-refractivity contribution in [3.63, 3.8) is 0 Å². The van der Waals surface area contributed by atoms with Crippen LogP contribution >= 0.6 is 23.2 Å². The molecule has 1 fully saturated rings. The average Bonchev–Trinajstić information content (AvgIpc) is 3.49. The third kappa shape index (κ3) is 5.24. The van der Waals surface area contributed by atoms with E-state index < -0.39 is 35.6 Å². The number of likely N-dealkylation sites (N-methyl/N-ethyl adjacent to an activating group) is 1. The van der Waals surface area contributed by atoms with E-state index in [4.69, 9.17) is 23.2 Å². The zero-order chi connectivity index (χ0) is 31.9. The molecule has 2 heterocycles. The van der Waals surface area contributed by atoms with E-state index in [2.05, 4.69) is 17.1 Å². The van der Waals surface area contributed by atoms with E-state index >= 15 is 0 Å². The van der Waals surface area contributed by atoms with E-state index in [1.54, 1.807) is 37.2 Å². The van der Waals surface area contributed by atoms with Gasteiger partial charge in [0.2, 0.25) is 11.8 Å². The lowest BCUT2D eigenvalue weighted by atomic mass is 9.64. The maximum Gasteiger partial charge on any atom is 0.240 e. The van der Waals surface area contributed by atoms with Crippen LogP contribution in [-0.4, -0.2) is 52.9 Å². The molecule has 2 aliphatic heterocycles. The highest BCUT2D eigenvalue weighted by molar-refractivity contribution is 6.31. The number of likely N-dealkylation sites (tertiary alicyclic amines) is 1. The van der Waals surface area contributed by atoms with Crippen LogP contribution in [0.15, 0.2) is 103 Å². The van der Waals surface area contributed by atoms with Gasteiger partial charge in [-0.25, -0.2) is 0 Å². The molecule has 0 bridgehead atoms. The zero-order valence-corrected chi connectivity index (χ0v) is 27.0. The number of nitrogens with zero attached hydrogens (tertiary/aromatic N) is 2. The number of amides is 2. The fourth-order valence-electron chi connectivity index (χ4n) is 7.72. The Balaban J connectivity index is 1.71. The van der Waals surface area contributed by atoms with E-state index in [1.165, 1.54) is 0 Å². The molecule has 2 amide bonds. The van der Waals surface area contributed by atoms with Gasteiger partial charge in [0.15, 0.2) is 0 Å².